The van der Waals surface area contributed by atoms with Crippen molar-refractivity contribution >= 4 is 11.6 Å². The van der Waals surface area contributed by atoms with Crippen LogP contribution in [0.4, 0.5) is 5.69 Å². The number of amides is 1. The Morgan fingerprint density at radius 1 is 1.40 bits per heavy atom. The normalized spacial score (nSPS) is 9.67. The Morgan fingerprint density at radius 2 is 2.00 bits per heavy atom. The number of nitrogens with one attached hydrogen (secondary N) is 1. The second-order valence-electron chi connectivity index (χ2n) is 2.53. The molecule has 8 nitrogen and oxygen atoms in total. The Balaban J connectivity index is 3.48. The molecule has 1 aromatic carbocycles. The fourth-order valence-corrected chi connectivity index (χ4v) is 1.00. The van der Waals surface area contributed by atoms with Crippen molar-refractivity contribution in [2.45, 2.75) is 0 Å². The molecule has 1 aromatic rings. The zero-order chi connectivity index (χ0) is 11.6. The highest BCUT2D eigenvalue weighted by atomic mass is 16.6. The van der Waals surface area contributed by atoms with E-state index in [1.165, 1.54) is 0 Å². The molecule has 0 aliphatic heterocycles. The van der Waals surface area contributed by atoms with Crippen LogP contribution in [-0.2, 0) is 0 Å². The van der Waals surface area contributed by atoms with Gasteiger partial charge in [0.1, 0.15) is 0 Å². The highest BCUT2D eigenvalue weighted by Crippen LogP contribution is 2.35. The molecule has 1 amide bonds. The molecule has 0 saturated heterocycles. The molecule has 0 aromatic heterocycles. The third kappa shape index (κ3) is 1.79. The number of carbonyl (C=O) groups is 1. The molecule has 1 rings (SSSR count). The third-order valence-corrected chi connectivity index (χ3v) is 1.66. The van der Waals surface area contributed by atoms with Crippen LogP contribution in [0.1, 0.15) is 10.4 Å². The number of hydroxylamine groups is 1. The van der Waals surface area contributed by atoms with E-state index in [2.05, 4.69) is 0 Å². The van der Waals surface area contributed by atoms with E-state index in [9.17, 15) is 20.0 Å². The summed E-state index contributed by atoms with van der Waals surface area (Å²) in [6, 6.07) is 1.70. The summed E-state index contributed by atoms with van der Waals surface area (Å²) in [7, 11) is 0. The van der Waals surface area contributed by atoms with Gasteiger partial charge in [-0.1, -0.05) is 0 Å². The van der Waals surface area contributed by atoms with Crippen molar-refractivity contribution < 1.29 is 25.1 Å². The van der Waals surface area contributed by atoms with Crippen molar-refractivity contribution in [3.63, 3.8) is 0 Å². The van der Waals surface area contributed by atoms with Crippen LogP contribution in [0, 0.1) is 10.1 Å². The molecule has 0 radical (unpaired) electrons. The number of phenolic OH excluding ortho intramolecular Hbond substituents is 2. The summed E-state index contributed by atoms with van der Waals surface area (Å²) in [4.78, 5) is 20.5. The Morgan fingerprint density at radius 3 is 2.47 bits per heavy atom. The van der Waals surface area contributed by atoms with Gasteiger partial charge >= 0.3 is 0 Å². The monoisotopic (exact) mass is 214 g/mol. The average molecular weight is 214 g/mol. The smallest absolute Gasteiger partial charge is 0.286 e. The molecule has 0 spiro atoms. The second-order valence-corrected chi connectivity index (χ2v) is 2.53. The van der Waals surface area contributed by atoms with Gasteiger partial charge < -0.3 is 10.2 Å². The standard InChI is InChI=1S/C7H6N2O6/c10-4-2-1-3(9(14)15)5(6(4)11)7(12)8-13/h1-2,10-11,13H,(H,8,12). The zero-order valence-electron chi connectivity index (χ0n) is 7.17. The van der Waals surface area contributed by atoms with Gasteiger partial charge in [0.15, 0.2) is 17.1 Å². The Kier molecular flexibility index (Phi) is 2.72. The molecule has 0 unspecified atom stereocenters. The number of benzene rings is 1. The van der Waals surface area contributed by atoms with E-state index in [0.29, 0.717) is 0 Å². The Bertz CT molecular complexity index is 430. The minimum atomic E-state index is -1.28. The number of rotatable bonds is 2. The number of phenols is 2. The lowest BCUT2D eigenvalue weighted by molar-refractivity contribution is -0.385. The van der Waals surface area contributed by atoms with Crippen LogP contribution in [0.3, 0.4) is 0 Å². The quantitative estimate of drug-likeness (QED) is 0.239. The van der Waals surface area contributed by atoms with E-state index in [0.717, 1.165) is 17.6 Å². The summed E-state index contributed by atoms with van der Waals surface area (Å²) in [5.41, 5.74) is -0.398. The molecule has 4 N–H and O–H groups in total. The maximum Gasteiger partial charge on any atom is 0.286 e. The molecule has 0 atom stereocenters. The summed E-state index contributed by atoms with van der Waals surface area (Å²) < 4.78 is 0. The SMILES string of the molecule is O=C(NO)c1c([N+](=O)[O-])ccc(O)c1O. The minimum absolute atomic E-state index is 0.695. The first-order valence-electron chi connectivity index (χ1n) is 3.62. The van der Waals surface area contributed by atoms with Gasteiger partial charge in [0, 0.05) is 6.07 Å². The van der Waals surface area contributed by atoms with Crippen LogP contribution >= 0.6 is 0 Å². The van der Waals surface area contributed by atoms with Crippen molar-refractivity contribution in [3.05, 3.63) is 27.8 Å². The topological polar surface area (TPSA) is 133 Å². The third-order valence-electron chi connectivity index (χ3n) is 1.66. The van der Waals surface area contributed by atoms with Crippen molar-refractivity contribution in [3.8, 4) is 11.5 Å². The Labute approximate surface area is 82.5 Å². The van der Waals surface area contributed by atoms with Gasteiger partial charge in [0.25, 0.3) is 11.6 Å². The predicted molar refractivity (Wildman–Crippen MR) is 45.7 cm³/mol. The highest BCUT2D eigenvalue weighted by Gasteiger charge is 2.26. The molecule has 0 heterocycles. The van der Waals surface area contributed by atoms with Crippen LogP contribution < -0.4 is 5.48 Å². The lowest BCUT2D eigenvalue weighted by atomic mass is 10.1. The van der Waals surface area contributed by atoms with E-state index < -0.39 is 33.6 Å². The van der Waals surface area contributed by atoms with Gasteiger partial charge in [-0.3, -0.25) is 20.1 Å². The van der Waals surface area contributed by atoms with E-state index in [4.69, 9.17) is 10.3 Å². The van der Waals surface area contributed by atoms with Gasteiger partial charge in [-0.2, -0.15) is 0 Å². The summed E-state index contributed by atoms with van der Waals surface area (Å²) >= 11 is 0. The zero-order valence-corrected chi connectivity index (χ0v) is 7.17. The molecule has 8 heteroatoms. The van der Waals surface area contributed by atoms with Gasteiger partial charge in [-0.15, -0.1) is 0 Å². The number of nitro benzene ring substituents is 1. The number of aromatic hydroxyl groups is 2. The molecule has 0 aliphatic rings. The number of nitro groups is 1. The molecule has 0 fully saturated rings. The first-order valence-corrected chi connectivity index (χ1v) is 3.62. The molecule has 80 valence electrons. The minimum Gasteiger partial charge on any atom is -0.504 e. The first kappa shape index (κ1) is 10.7. The Hall–Kier alpha value is -2.35. The molecular formula is C7H6N2O6. The van der Waals surface area contributed by atoms with E-state index in [1.807, 2.05) is 0 Å². The average Bonchev–Trinajstić information content (AvgIpc) is 2.20. The van der Waals surface area contributed by atoms with Crippen molar-refractivity contribution in [2.24, 2.45) is 0 Å². The summed E-state index contributed by atoms with van der Waals surface area (Å²) in [5, 5.41) is 37.0. The fourth-order valence-electron chi connectivity index (χ4n) is 1.00. The van der Waals surface area contributed by atoms with Crippen LogP contribution in [0.2, 0.25) is 0 Å². The number of carbonyl (C=O) groups excluding carboxylic acids is 1. The molecule has 15 heavy (non-hydrogen) atoms. The largest absolute Gasteiger partial charge is 0.504 e. The molecule has 0 aliphatic carbocycles. The lowest BCUT2D eigenvalue weighted by Gasteiger charge is -2.04. The summed E-state index contributed by atoms with van der Waals surface area (Å²) in [5.74, 6) is -2.94. The summed E-state index contributed by atoms with van der Waals surface area (Å²) in [6.45, 7) is 0. The molecule has 0 bridgehead atoms. The first-order chi connectivity index (χ1) is 6.99. The fraction of sp³-hybridized carbons (Fsp3) is 0. The predicted octanol–water partition coefficient (Wildman–Crippen LogP) is 0.125. The summed E-state index contributed by atoms with van der Waals surface area (Å²) in [6.07, 6.45) is 0. The van der Waals surface area contributed by atoms with E-state index in [1.54, 1.807) is 0 Å². The van der Waals surface area contributed by atoms with Crippen LogP contribution in [0.15, 0.2) is 12.1 Å². The van der Waals surface area contributed by atoms with Crippen molar-refractivity contribution in [1.29, 1.82) is 0 Å². The highest BCUT2D eigenvalue weighted by molar-refractivity contribution is 6.00. The lowest BCUT2D eigenvalue weighted by Crippen LogP contribution is -2.20. The van der Waals surface area contributed by atoms with E-state index in [-0.39, 0.29) is 0 Å². The van der Waals surface area contributed by atoms with E-state index >= 15 is 0 Å². The van der Waals surface area contributed by atoms with Crippen molar-refractivity contribution in [1.82, 2.24) is 5.48 Å². The van der Waals surface area contributed by atoms with Crippen LogP contribution in [0.5, 0.6) is 11.5 Å². The second kappa shape index (κ2) is 3.80. The van der Waals surface area contributed by atoms with Gasteiger partial charge in [-0.05, 0) is 6.07 Å². The van der Waals surface area contributed by atoms with Crippen LogP contribution in [0.25, 0.3) is 0 Å². The van der Waals surface area contributed by atoms with Gasteiger partial charge in [0.2, 0.25) is 0 Å². The maximum atomic E-state index is 11.0. The number of hydrogen-bond donors (Lipinski definition) is 4. The number of nitrogens with zero attached hydrogens (tertiary/aromatic N) is 1. The number of hydrogen-bond acceptors (Lipinski definition) is 6. The molecule has 0 saturated carbocycles. The van der Waals surface area contributed by atoms with Gasteiger partial charge in [-0.25, -0.2) is 5.48 Å². The molecular weight excluding hydrogens is 208 g/mol. The van der Waals surface area contributed by atoms with Crippen LogP contribution in [-0.4, -0.2) is 26.3 Å². The van der Waals surface area contributed by atoms with Gasteiger partial charge in [0.05, 0.1) is 4.92 Å². The maximum absolute atomic E-state index is 11.0. The van der Waals surface area contributed by atoms with Crippen molar-refractivity contribution in [2.75, 3.05) is 0 Å².